The maximum Gasteiger partial charge on any atom is 0.110 e. The van der Waals surface area contributed by atoms with Crippen LogP contribution in [0.4, 0.5) is 0 Å². The SMILES string of the molecule is CCn1ccnc1CC(CC1CC1)NN. The summed E-state index contributed by atoms with van der Waals surface area (Å²) in [6, 6.07) is 0.380. The van der Waals surface area contributed by atoms with Crippen LogP contribution in [-0.4, -0.2) is 15.6 Å². The minimum absolute atomic E-state index is 0.380. The first-order chi connectivity index (χ1) is 7.33. The fourth-order valence-electron chi connectivity index (χ4n) is 2.00. The maximum atomic E-state index is 5.57. The molecule has 0 bridgehead atoms. The second-order valence-corrected chi connectivity index (χ2v) is 4.38. The third-order valence-corrected chi connectivity index (χ3v) is 3.12. The van der Waals surface area contributed by atoms with Gasteiger partial charge in [0, 0.05) is 31.4 Å². The highest BCUT2D eigenvalue weighted by Gasteiger charge is 2.25. The van der Waals surface area contributed by atoms with Crippen LogP contribution in [0.2, 0.25) is 0 Å². The quantitative estimate of drug-likeness (QED) is 0.543. The van der Waals surface area contributed by atoms with Gasteiger partial charge in [0.05, 0.1) is 0 Å². The Kier molecular flexibility index (Phi) is 3.38. The van der Waals surface area contributed by atoms with E-state index in [-0.39, 0.29) is 0 Å². The molecule has 4 nitrogen and oxygen atoms in total. The summed E-state index contributed by atoms with van der Waals surface area (Å²) in [6.07, 6.45) is 8.77. The molecule has 84 valence electrons. The molecule has 1 aliphatic carbocycles. The van der Waals surface area contributed by atoms with Crippen molar-refractivity contribution in [3.05, 3.63) is 18.2 Å². The van der Waals surface area contributed by atoms with Gasteiger partial charge in [-0.3, -0.25) is 11.3 Å². The Morgan fingerprint density at radius 2 is 2.47 bits per heavy atom. The van der Waals surface area contributed by atoms with E-state index in [1.54, 1.807) is 0 Å². The third kappa shape index (κ3) is 2.79. The van der Waals surface area contributed by atoms with E-state index in [2.05, 4.69) is 21.9 Å². The normalized spacial score (nSPS) is 18.0. The minimum Gasteiger partial charge on any atom is -0.335 e. The van der Waals surface area contributed by atoms with E-state index in [1.165, 1.54) is 19.3 Å². The molecule has 3 N–H and O–H groups in total. The predicted molar refractivity (Wildman–Crippen MR) is 60.1 cm³/mol. The first kappa shape index (κ1) is 10.6. The molecule has 0 aromatic carbocycles. The summed E-state index contributed by atoms with van der Waals surface area (Å²) in [5.74, 6) is 7.61. The minimum atomic E-state index is 0.380. The number of rotatable bonds is 6. The van der Waals surface area contributed by atoms with Gasteiger partial charge >= 0.3 is 0 Å². The molecule has 1 fully saturated rings. The van der Waals surface area contributed by atoms with Crippen LogP contribution in [-0.2, 0) is 13.0 Å². The van der Waals surface area contributed by atoms with Crippen molar-refractivity contribution in [1.29, 1.82) is 0 Å². The highest BCUT2D eigenvalue weighted by Crippen LogP contribution is 2.33. The summed E-state index contributed by atoms with van der Waals surface area (Å²) in [6.45, 7) is 3.12. The standard InChI is InChI=1S/C11H20N4/c1-2-15-6-5-13-11(15)8-10(14-12)7-9-3-4-9/h5-6,9-10,14H,2-4,7-8,12H2,1H3. The van der Waals surface area contributed by atoms with Gasteiger partial charge in [0.25, 0.3) is 0 Å². The Balaban J connectivity index is 1.92. The second-order valence-electron chi connectivity index (χ2n) is 4.38. The summed E-state index contributed by atoms with van der Waals surface area (Å²) < 4.78 is 2.18. The van der Waals surface area contributed by atoms with Crippen molar-refractivity contribution in [3.63, 3.8) is 0 Å². The average Bonchev–Trinajstić information content (AvgIpc) is 2.95. The molecule has 1 aliphatic rings. The Labute approximate surface area is 90.8 Å². The fraction of sp³-hybridized carbons (Fsp3) is 0.727. The molecule has 0 aliphatic heterocycles. The predicted octanol–water partition coefficient (Wildman–Crippen LogP) is 1.08. The number of hydrazine groups is 1. The van der Waals surface area contributed by atoms with Gasteiger partial charge in [-0.25, -0.2) is 4.98 Å². The number of aryl methyl sites for hydroxylation is 1. The number of imidazole rings is 1. The molecule has 1 saturated carbocycles. The van der Waals surface area contributed by atoms with Crippen LogP contribution < -0.4 is 11.3 Å². The van der Waals surface area contributed by atoms with Gasteiger partial charge in [0.2, 0.25) is 0 Å². The van der Waals surface area contributed by atoms with Gasteiger partial charge in [0.1, 0.15) is 5.82 Å². The first-order valence-electron chi connectivity index (χ1n) is 5.79. The molecule has 1 aromatic rings. The van der Waals surface area contributed by atoms with Crippen molar-refractivity contribution in [2.45, 2.75) is 45.2 Å². The zero-order valence-electron chi connectivity index (χ0n) is 9.32. The van der Waals surface area contributed by atoms with Crippen molar-refractivity contribution in [1.82, 2.24) is 15.0 Å². The lowest BCUT2D eigenvalue weighted by atomic mass is 10.1. The maximum absolute atomic E-state index is 5.57. The summed E-state index contributed by atoms with van der Waals surface area (Å²) in [5.41, 5.74) is 2.91. The van der Waals surface area contributed by atoms with E-state index in [9.17, 15) is 0 Å². The van der Waals surface area contributed by atoms with Gasteiger partial charge in [-0.2, -0.15) is 0 Å². The Hall–Kier alpha value is -0.870. The Bertz CT molecular complexity index is 303. The van der Waals surface area contributed by atoms with Crippen LogP contribution in [0.1, 0.15) is 32.0 Å². The zero-order chi connectivity index (χ0) is 10.7. The van der Waals surface area contributed by atoms with Crippen molar-refractivity contribution in [2.24, 2.45) is 11.8 Å². The van der Waals surface area contributed by atoms with Crippen molar-refractivity contribution in [3.8, 4) is 0 Å². The largest absolute Gasteiger partial charge is 0.335 e. The lowest BCUT2D eigenvalue weighted by Gasteiger charge is -2.15. The molecule has 0 spiro atoms. The second kappa shape index (κ2) is 4.77. The van der Waals surface area contributed by atoms with Crippen LogP contribution >= 0.6 is 0 Å². The first-order valence-corrected chi connectivity index (χ1v) is 5.79. The van der Waals surface area contributed by atoms with Gasteiger partial charge in [-0.05, 0) is 19.3 Å². The Morgan fingerprint density at radius 1 is 1.67 bits per heavy atom. The fourth-order valence-corrected chi connectivity index (χ4v) is 2.00. The van der Waals surface area contributed by atoms with Gasteiger partial charge in [-0.1, -0.05) is 12.8 Å². The van der Waals surface area contributed by atoms with E-state index in [0.717, 1.165) is 24.7 Å². The highest BCUT2D eigenvalue weighted by molar-refractivity contribution is 4.96. The molecule has 1 atom stereocenters. The van der Waals surface area contributed by atoms with Crippen molar-refractivity contribution < 1.29 is 0 Å². The molecule has 0 radical (unpaired) electrons. The molecule has 0 amide bonds. The molecule has 1 unspecified atom stereocenters. The van der Waals surface area contributed by atoms with Gasteiger partial charge in [0.15, 0.2) is 0 Å². The number of hydrogen-bond donors (Lipinski definition) is 2. The summed E-state index contributed by atoms with van der Waals surface area (Å²) >= 11 is 0. The zero-order valence-corrected chi connectivity index (χ0v) is 9.32. The van der Waals surface area contributed by atoms with E-state index in [4.69, 9.17) is 5.84 Å². The lowest BCUT2D eigenvalue weighted by Crippen LogP contribution is -2.37. The van der Waals surface area contributed by atoms with E-state index < -0.39 is 0 Å². The topological polar surface area (TPSA) is 55.9 Å². The smallest absolute Gasteiger partial charge is 0.110 e. The number of nitrogens with two attached hydrogens (primary N) is 1. The lowest BCUT2D eigenvalue weighted by molar-refractivity contribution is 0.450. The molecule has 0 saturated heterocycles. The third-order valence-electron chi connectivity index (χ3n) is 3.12. The molecule has 1 aromatic heterocycles. The van der Waals surface area contributed by atoms with Crippen LogP contribution in [0.15, 0.2) is 12.4 Å². The summed E-state index contributed by atoms with van der Waals surface area (Å²) in [4.78, 5) is 4.37. The van der Waals surface area contributed by atoms with Crippen molar-refractivity contribution >= 4 is 0 Å². The van der Waals surface area contributed by atoms with Gasteiger partial charge < -0.3 is 4.57 Å². The van der Waals surface area contributed by atoms with Gasteiger partial charge in [-0.15, -0.1) is 0 Å². The molecule has 15 heavy (non-hydrogen) atoms. The molecule has 1 heterocycles. The van der Waals surface area contributed by atoms with E-state index in [1.807, 2.05) is 12.4 Å². The van der Waals surface area contributed by atoms with E-state index >= 15 is 0 Å². The summed E-state index contributed by atoms with van der Waals surface area (Å²) in [5, 5.41) is 0. The van der Waals surface area contributed by atoms with Crippen LogP contribution in [0.25, 0.3) is 0 Å². The van der Waals surface area contributed by atoms with E-state index in [0.29, 0.717) is 6.04 Å². The molecule has 4 heteroatoms. The van der Waals surface area contributed by atoms with Crippen LogP contribution in [0, 0.1) is 5.92 Å². The van der Waals surface area contributed by atoms with Crippen LogP contribution in [0.5, 0.6) is 0 Å². The van der Waals surface area contributed by atoms with Crippen molar-refractivity contribution in [2.75, 3.05) is 0 Å². The van der Waals surface area contributed by atoms with Crippen LogP contribution in [0.3, 0.4) is 0 Å². The highest BCUT2D eigenvalue weighted by atomic mass is 15.2. The molecule has 2 rings (SSSR count). The average molecular weight is 208 g/mol. The Morgan fingerprint density at radius 3 is 3.07 bits per heavy atom. The summed E-state index contributed by atoms with van der Waals surface area (Å²) in [7, 11) is 0. The number of hydrogen-bond acceptors (Lipinski definition) is 3. The number of nitrogens with zero attached hydrogens (tertiary/aromatic N) is 2. The number of nitrogens with one attached hydrogen (secondary N) is 1. The molecular formula is C11H20N4. The number of aromatic nitrogens is 2. The monoisotopic (exact) mass is 208 g/mol. The molecular weight excluding hydrogens is 188 g/mol.